The van der Waals surface area contributed by atoms with E-state index in [1.807, 2.05) is 0 Å². The predicted octanol–water partition coefficient (Wildman–Crippen LogP) is -1.67. The normalized spacial score (nSPS) is 14.6. The monoisotopic (exact) mass is 319 g/mol. The first kappa shape index (κ1) is 19.8. The zero-order valence-corrected chi connectivity index (χ0v) is 11.9. The number of hydrogen-bond acceptors (Lipinski definition) is 6. The molecule has 22 heavy (non-hydrogen) atoms. The molecule has 0 bridgehead atoms. The molecule has 0 heterocycles. The van der Waals surface area contributed by atoms with Crippen LogP contribution in [-0.4, -0.2) is 57.3 Å². The molecule has 0 saturated carbocycles. The van der Waals surface area contributed by atoms with E-state index in [4.69, 9.17) is 26.8 Å². The molecule has 8 N–H and O–H groups in total. The Hall–Kier alpha value is -2.20. The molecular weight excluding hydrogens is 298 g/mol. The fourth-order valence-corrected chi connectivity index (χ4v) is 1.60. The van der Waals surface area contributed by atoms with Gasteiger partial charge in [-0.3, -0.25) is 14.4 Å². The zero-order valence-electron chi connectivity index (χ0n) is 11.9. The molecule has 0 aliphatic rings. The maximum Gasteiger partial charge on any atom is 0.326 e. The van der Waals surface area contributed by atoms with E-state index in [0.717, 1.165) is 0 Å². The Morgan fingerprint density at radius 1 is 0.818 bits per heavy atom. The summed E-state index contributed by atoms with van der Waals surface area (Å²) in [6, 6.07) is -3.46. The van der Waals surface area contributed by atoms with Crippen LogP contribution in [0, 0.1) is 0 Å². The van der Waals surface area contributed by atoms with Crippen molar-refractivity contribution in [3.63, 3.8) is 0 Å². The van der Waals surface area contributed by atoms with Gasteiger partial charge in [-0.2, -0.15) is 0 Å². The summed E-state index contributed by atoms with van der Waals surface area (Å²) in [5.74, 6) is -4.32. The van der Waals surface area contributed by atoms with Crippen molar-refractivity contribution in [1.82, 2.24) is 5.32 Å². The minimum absolute atomic E-state index is 0.0209. The summed E-state index contributed by atoms with van der Waals surface area (Å²) in [7, 11) is 0. The molecule has 0 unspecified atom stereocenters. The van der Waals surface area contributed by atoms with E-state index < -0.39 is 41.9 Å². The van der Waals surface area contributed by atoms with E-state index in [9.17, 15) is 19.2 Å². The summed E-state index contributed by atoms with van der Waals surface area (Å²) in [6.07, 6.45) is -0.0193. The molecule has 0 saturated heterocycles. The highest BCUT2D eigenvalue weighted by molar-refractivity contribution is 5.84. The highest BCUT2D eigenvalue weighted by atomic mass is 16.4. The summed E-state index contributed by atoms with van der Waals surface area (Å²) >= 11 is 0. The molecule has 0 radical (unpaired) electrons. The summed E-state index contributed by atoms with van der Waals surface area (Å²) < 4.78 is 0. The van der Waals surface area contributed by atoms with Gasteiger partial charge in [0.05, 0.1) is 0 Å². The minimum atomic E-state index is -1.26. The highest BCUT2D eigenvalue weighted by Crippen LogP contribution is 2.05. The summed E-state index contributed by atoms with van der Waals surface area (Å²) in [4.78, 5) is 43.6. The van der Waals surface area contributed by atoms with E-state index in [1.165, 1.54) is 0 Å². The van der Waals surface area contributed by atoms with Gasteiger partial charge in [-0.25, -0.2) is 4.79 Å². The van der Waals surface area contributed by atoms with Crippen LogP contribution in [0.2, 0.25) is 0 Å². The molecule has 0 rings (SSSR count). The van der Waals surface area contributed by atoms with Crippen LogP contribution in [0.1, 0.15) is 32.1 Å². The molecule has 0 aliphatic carbocycles. The van der Waals surface area contributed by atoms with Gasteiger partial charge < -0.3 is 32.1 Å². The molecule has 10 nitrogen and oxygen atoms in total. The second-order valence-corrected chi connectivity index (χ2v) is 4.82. The average molecular weight is 319 g/mol. The molecule has 126 valence electrons. The summed E-state index contributed by atoms with van der Waals surface area (Å²) in [5.41, 5.74) is 10.5. The molecule has 1 amide bonds. The SMILES string of the molecule is N[C@H](CCC(=O)N[C@H](CCC[C@H](N)C(=O)O)C(=O)O)C(=O)O. The Morgan fingerprint density at radius 2 is 1.32 bits per heavy atom. The van der Waals surface area contributed by atoms with E-state index >= 15 is 0 Å². The molecule has 10 heteroatoms. The van der Waals surface area contributed by atoms with Gasteiger partial charge in [0.15, 0.2) is 0 Å². The van der Waals surface area contributed by atoms with Gasteiger partial charge in [-0.15, -0.1) is 0 Å². The smallest absolute Gasteiger partial charge is 0.326 e. The van der Waals surface area contributed by atoms with Crippen molar-refractivity contribution in [3.8, 4) is 0 Å². The van der Waals surface area contributed by atoms with Crippen LogP contribution >= 0.6 is 0 Å². The number of carbonyl (C=O) groups excluding carboxylic acids is 1. The standard InChI is InChI=1S/C12H21N3O7/c13-6(10(17)18)2-1-3-8(12(21)22)15-9(16)5-4-7(14)11(19)20/h6-8H,1-5,13-14H2,(H,15,16)(H,17,18)(H,19,20)(H,21,22)/t6-,7+,8+/m0/s1. The number of nitrogens with one attached hydrogen (secondary N) is 1. The number of carbonyl (C=O) groups is 4. The van der Waals surface area contributed by atoms with Crippen molar-refractivity contribution in [2.75, 3.05) is 0 Å². The Balaban J connectivity index is 4.23. The van der Waals surface area contributed by atoms with Crippen molar-refractivity contribution >= 4 is 23.8 Å². The number of carboxylic acid groups (broad SMARTS) is 3. The number of carboxylic acids is 3. The van der Waals surface area contributed by atoms with Gasteiger partial charge in [0.2, 0.25) is 5.91 Å². The molecule has 0 aromatic rings. The van der Waals surface area contributed by atoms with Crippen molar-refractivity contribution in [3.05, 3.63) is 0 Å². The molecule has 0 aromatic heterocycles. The van der Waals surface area contributed by atoms with Crippen LogP contribution in [0.5, 0.6) is 0 Å². The molecular formula is C12H21N3O7. The van der Waals surface area contributed by atoms with Gasteiger partial charge in [0, 0.05) is 6.42 Å². The van der Waals surface area contributed by atoms with Crippen molar-refractivity contribution in [1.29, 1.82) is 0 Å². The molecule has 0 aromatic carbocycles. The predicted molar refractivity (Wildman–Crippen MR) is 73.9 cm³/mol. The van der Waals surface area contributed by atoms with Crippen LogP contribution in [0.15, 0.2) is 0 Å². The summed E-state index contributed by atoms with van der Waals surface area (Å²) in [6.45, 7) is 0. The topological polar surface area (TPSA) is 193 Å². The Labute approximate surface area is 126 Å². The lowest BCUT2D eigenvalue weighted by Crippen LogP contribution is -2.42. The maximum atomic E-state index is 11.5. The van der Waals surface area contributed by atoms with Crippen LogP contribution in [-0.2, 0) is 19.2 Å². The van der Waals surface area contributed by atoms with E-state index in [2.05, 4.69) is 5.32 Å². The van der Waals surface area contributed by atoms with Gasteiger partial charge in [-0.05, 0) is 25.7 Å². The largest absolute Gasteiger partial charge is 0.480 e. The van der Waals surface area contributed by atoms with E-state index in [1.54, 1.807) is 0 Å². The first-order valence-corrected chi connectivity index (χ1v) is 6.64. The van der Waals surface area contributed by atoms with Gasteiger partial charge in [-0.1, -0.05) is 0 Å². The third kappa shape index (κ3) is 8.17. The van der Waals surface area contributed by atoms with Crippen molar-refractivity contribution < 1.29 is 34.5 Å². The first-order valence-electron chi connectivity index (χ1n) is 6.64. The van der Waals surface area contributed by atoms with Crippen LogP contribution < -0.4 is 16.8 Å². The third-order valence-corrected chi connectivity index (χ3v) is 2.96. The third-order valence-electron chi connectivity index (χ3n) is 2.96. The van der Waals surface area contributed by atoms with E-state index in [0.29, 0.717) is 0 Å². The van der Waals surface area contributed by atoms with Crippen molar-refractivity contribution in [2.45, 2.75) is 50.2 Å². The van der Waals surface area contributed by atoms with E-state index in [-0.39, 0.29) is 32.1 Å². The Morgan fingerprint density at radius 3 is 1.77 bits per heavy atom. The van der Waals surface area contributed by atoms with Crippen LogP contribution in [0.4, 0.5) is 0 Å². The fourth-order valence-electron chi connectivity index (χ4n) is 1.60. The number of aliphatic carboxylic acids is 3. The lowest BCUT2D eigenvalue weighted by molar-refractivity contribution is -0.142. The molecule has 0 fully saturated rings. The Bertz CT molecular complexity index is 427. The minimum Gasteiger partial charge on any atom is -0.480 e. The van der Waals surface area contributed by atoms with Crippen LogP contribution in [0.25, 0.3) is 0 Å². The molecule has 0 aliphatic heterocycles. The number of amides is 1. The summed E-state index contributed by atoms with van der Waals surface area (Å²) in [5, 5.41) is 28.4. The van der Waals surface area contributed by atoms with Crippen LogP contribution in [0.3, 0.4) is 0 Å². The fraction of sp³-hybridized carbons (Fsp3) is 0.667. The molecule has 3 atom stereocenters. The molecule has 0 spiro atoms. The lowest BCUT2D eigenvalue weighted by atomic mass is 10.1. The highest BCUT2D eigenvalue weighted by Gasteiger charge is 2.22. The first-order chi connectivity index (χ1) is 10.1. The maximum absolute atomic E-state index is 11.5. The second kappa shape index (κ2) is 9.68. The average Bonchev–Trinajstić information content (AvgIpc) is 2.42. The van der Waals surface area contributed by atoms with Crippen molar-refractivity contribution in [2.24, 2.45) is 11.5 Å². The zero-order chi connectivity index (χ0) is 17.3. The quantitative estimate of drug-likeness (QED) is 0.258. The Kier molecular flexibility index (Phi) is 8.72. The van der Waals surface area contributed by atoms with Gasteiger partial charge in [0.1, 0.15) is 18.1 Å². The van der Waals surface area contributed by atoms with Gasteiger partial charge >= 0.3 is 17.9 Å². The van der Waals surface area contributed by atoms with Gasteiger partial charge in [0.25, 0.3) is 0 Å². The number of nitrogens with two attached hydrogens (primary N) is 2. The second-order valence-electron chi connectivity index (χ2n) is 4.82. The number of hydrogen-bond donors (Lipinski definition) is 6. The number of rotatable bonds is 11. The lowest BCUT2D eigenvalue weighted by Gasteiger charge is -2.15.